The lowest BCUT2D eigenvalue weighted by atomic mass is 10.0. The Morgan fingerprint density at radius 1 is 1.18 bits per heavy atom. The highest BCUT2D eigenvalue weighted by Gasteiger charge is 2.39. The summed E-state index contributed by atoms with van der Waals surface area (Å²) in [5.41, 5.74) is -0.448. The van der Waals surface area contributed by atoms with Crippen molar-refractivity contribution in [1.29, 1.82) is 0 Å². The molecule has 1 atom stereocenters. The van der Waals surface area contributed by atoms with Crippen LogP contribution in [-0.4, -0.2) is 32.1 Å². The van der Waals surface area contributed by atoms with Gasteiger partial charge in [0, 0.05) is 12.0 Å². The molecule has 3 aromatic carbocycles. The molecule has 6 nitrogen and oxygen atoms in total. The van der Waals surface area contributed by atoms with Crippen LogP contribution < -0.4 is 9.04 Å². The van der Waals surface area contributed by atoms with Gasteiger partial charge in [0.1, 0.15) is 17.7 Å². The molecule has 0 aliphatic carbocycles. The van der Waals surface area contributed by atoms with E-state index in [1.807, 2.05) is 0 Å². The van der Waals surface area contributed by atoms with Crippen molar-refractivity contribution in [2.45, 2.75) is 43.9 Å². The Kier molecular flexibility index (Phi) is 8.18. The van der Waals surface area contributed by atoms with Gasteiger partial charge in [0.2, 0.25) is 0 Å². The summed E-state index contributed by atoms with van der Waals surface area (Å²) in [4.78, 5) is 10.6. The highest BCUT2D eigenvalue weighted by molar-refractivity contribution is 7.93. The van der Waals surface area contributed by atoms with Gasteiger partial charge in [-0.25, -0.2) is 12.8 Å². The van der Waals surface area contributed by atoms with Crippen LogP contribution in [0.3, 0.4) is 0 Å². The minimum atomic E-state index is -4.77. The lowest BCUT2D eigenvalue weighted by Gasteiger charge is -2.36. The monoisotopic (exact) mass is 597 g/mol. The summed E-state index contributed by atoms with van der Waals surface area (Å²) < 4.78 is 89.8. The minimum Gasteiger partial charge on any atom is -0.486 e. The Bertz CT molecular complexity index is 1580. The summed E-state index contributed by atoms with van der Waals surface area (Å²) in [6.07, 6.45) is -4.40. The molecule has 1 aliphatic heterocycles. The third-order valence-electron chi connectivity index (χ3n) is 6.49. The Labute approximate surface area is 233 Å². The van der Waals surface area contributed by atoms with E-state index in [0.717, 1.165) is 29.4 Å². The molecular weight excluding hydrogens is 574 g/mol. The first-order valence-electron chi connectivity index (χ1n) is 12.0. The first-order valence-corrected chi connectivity index (χ1v) is 13.9. The van der Waals surface area contributed by atoms with Gasteiger partial charge in [-0.2, -0.15) is 13.2 Å². The molecule has 1 N–H and O–H groups in total. The number of carboxylic acid groups (broad SMARTS) is 1. The summed E-state index contributed by atoms with van der Waals surface area (Å²) in [5.74, 6) is -1.55. The highest BCUT2D eigenvalue weighted by Crippen LogP contribution is 2.41. The van der Waals surface area contributed by atoms with Gasteiger partial charge in [-0.1, -0.05) is 35.9 Å². The van der Waals surface area contributed by atoms with Crippen LogP contribution in [0.1, 0.15) is 42.0 Å². The van der Waals surface area contributed by atoms with E-state index in [4.69, 9.17) is 21.4 Å². The topological polar surface area (TPSA) is 83.9 Å². The molecule has 0 aromatic heterocycles. The van der Waals surface area contributed by atoms with Crippen LogP contribution in [0.2, 0.25) is 5.02 Å². The van der Waals surface area contributed by atoms with Gasteiger partial charge >= 0.3 is 12.1 Å². The Hall–Kier alpha value is -3.57. The predicted octanol–water partition coefficient (Wildman–Crippen LogP) is 7.19. The number of allylic oxidation sites excluding steroid dienone is 1. The number of fused-ring (bicyclic) bond motifs is 1. The van der Waals surface area contributed by atoms with Gasteiger partial charge in [-0.15, -0.1) is 0 Å². The number of hydrogen-bond donors (Lipinski definition) is 1. The third-order valence-corrected chi connectivity index (χ3v) is 8.73. The van der Waals surface area contributed by atoms with Crippen molar-refractivity contribution >= 4 is 44.9 Å². The van der Waals surface area contributed by atoms with Gasteiger partial charge in [0.15, 0.2) is 0 Å². The molecule has 1 heterocycles. The Balaban J connectivity index is 1.83. The van der Waals surface area contributed by atoms with Crippen molar-refractivity contribution in [3.05, 3.63) is 87.7 Å². The molecule has 12 heteroatoms. The second-order valence-electron chi connectivity index (χ2n) is 9.29. The number of carbonyl (C=O) groups is 1. The van der Waals surface area contributed by atoms with Crippen LogP contribution in [0.5, 0.6) is 5.75 Å². The zero-order chi connectivity index (χ0) is 29.4. The van der Waals surface area contributed by atoms with Crippen molar-refractivity contribution in [2.24, 2.45) is 0 Å². The van der Waals surface area contributed by atoms with Crippen LogP contribution in [0.4, 0.5) is 23.2 Å². The van der Waals surface area contributed by atoms with Crippen molar-refractivity contribution in [2.75, 3.05) is 10.8 Å². The van der Waals surface area contributed by atoms with E-state index in [1.54, 1.807) is 19.1 Å². The quantitative estimate of drug-likeness (QED) is 0.230. The lowest BCUT2D eigenvalue weighted by Crippen LogP contribution is -2.44. The molecule has 1 aliphatic rings. The number of aliphatic carboxylic acids is 1. The van der Waals surface area contributed by atoms with Crippen molar-refractivity contribution in [1.82, 2.24) is 0 Å². The van der Waals surface area contributed by atoms with Gasteiger partial charge < -0.3 is 9.84 Å². The summed E-state index contributed by atoms with van der Waals surface area (Å²) in [6.45, 7) is 2.38. The fourth-order valence-electron chi connectivity index (χ4n) is 4.60. The summed E-state index contributed by atoms with van der Waals surface area (Å²) in [7, 11) is -4.57. The molecule has 4 rings (SSSR count). The number of rotatable bonds is 7. The van der Waals surface area contributed by atoms with Gasteiger partial charge in [0.05, 0.1) is 27.7 Å². The maximum atomic E-state index is 14.5. The third kappa shape index (κ3) is 5.95. The first-order chi connectivity index (χ1) is 18.7. The van der Waals surface area contributed by atoms with E-state index in [0.29, 0.717) is 11.1 Å². The molecule has 0 amide bonds. The molecule has 212 valence electrons. The number of ether oxygens (including phenoxy) is 1. The van der Waals surface area contributed by atoms with Crippen LogP contribution in [0, 0.1) is 12.7 Å². The first kappa shape index (κ1) is 29.4. The fourth-order valence-corrected chi connectivity index (χ4v) is 6.66. The Morgan fingerprint density at radius 3 is 2.52 bits per heavy atom. The van der Waals surface area contributed by atoms with Crippen molar-refractivity contribution in [3.63, 3.8) is 0 Å². The van der Waals surface area contributed by atoms with Crippen LogP contribution in [-0.2, 0) is 21.0 Å². The molecular formula is C28H24ClF4NO5S. The van der Waals surface area contributed by atoms with Crippen LogP contribution in [0.25, 0.3) is 11.6 Å². The fraction of sp³-hybridized carbons (Fsp3) is 0.250. The van der Waals surface area contributed by atoms with E-state index in [9.17, 15) is 30.8 Å². The maximum Gasteiger partial charge on any atom is 0.416 e. The average Bonchev–Trinajstić information content (AvgIpc) is 2.86. The number of alkyl halides is 3. The van der Waals surface area contributed by atoms with Crippen LogP contribution >= 0.6 is 11.6 Å². The zero-order valence-corrected chi connectivity index (χ0v) is 22.9. The van der Waals surface area contributed by atoms with Gasteiger partial charge in [0.25, 0.3) is 10.0 Å². The summed E-state index contributed by atoms with van der Waals surface area (Å²) >= 11 is 6.17. The number of sulfonamides is 1. The maximum absolute atomic E-state index is 14.5. The van der Waals surface area contributed by atoms with E-state index in [-0.39, 0.29) is 41.4 Å². The second kappa shape index (κ2) is 11.1. The number of anilines is 1. The van der Waals surface area contributed by atoms with E-state index >= 15 is 0 Å². The normalized spacial score (nSPS) is 15.9. The molecule has 0 saturated heterocycles. The zero-order valence-electron chi connectivity index (χ0n) is 21.3. The molecule has 0 fully saturated rings. The molecule has 40 heavy (non-hydrogen) atoms. The summed E-state index contributed by atoms with van der Waals surface area (Å²) in [5, 5.41) is 9.28. The number of carboxylic acids is 1. The van der Waals surface area contributed by atoms with Crippen molar-refractivity contribution in [3.8, 4) is 5.75 Å². The lowest BCUT2D eigenvalue weighted by molar-refractivity contribution is -0.138. The largest absolute Gasteiger partial charge is 0.486 e. The van der Waals surface area contributed by atoms with Gasteiger partial charge in [-0.3, -0.25) is 9.10 Å². The summed E-state index contributed by atoms with van der Waals surface area (Å²) in [6, 6.07) is 11.7. The highest BCUT2D eigenvalue weighted by atomic mass is 35.5. The standard InChI is InChI=1S/C28H24ClF4NO5S/c1-16(27-21(29)6-4-7-22(27)30)13-18-9-11-24-23(14-18)34(15-19(39-24)10-12-26(35)36)40(37,38)25-8-3-5-20(17(25)2)28(31,32)33/h3-9,11,13-14,19H,10,12,15H2,1-2H3,(H,35,36). The molecule has 0 saturated carbocycles. The number of halogens is 5. The second-order valence-corrected chi connectivity index (χ2v) is 11.5. The molecule has 3 aromatic rings. The molecule has 1 unspecified atom stereocenters. The Morgan fingerprint density at radius 2 is 1.88 bits per heavy atom. The molecule has 0 bridgehead atoms. The van der Waals surface area contributed by atoms with E-state index in [1.165, 1.54) is 30.3 Å². The van der Waals surface area contributed by atoms with Gasteiger partial charge in [-0.05, 0) is 73.4 Å². The minimum absolute atomic E-state index is 0.0328. The SMILES string of the molecule is CC(=Cc1ccc2c(c1)N(S(=O)(=O)c1cccc(C(F)(F)F)c1C)CC(CCC(=O)O)O2)c1c(F)cccc1Cl. The predicted molar refractivity (Wildman–Crippen MR) is 143 cm³/mol. The smallest absolute Gasteiger partial charge is 0.416 e. The van der Waals surface area contributed by atoms with E-state index in [2.05, 4.69) is 0 Å². The molecule has 0 radical (unpaired) electrons. The number of benzene rings is 3. The number of nitrogens with zero attached hydrogens (tertiary/aromatic N) is 1. The van der Waals surface area contributed by atoms with E-state index < -0.39 is 50.1 Å². The van der Waals surface area contributed by atoms with Crippen molar-refractivity contribution < 1.29 is 40.6 Å². The average molecular weight is 598 g/mol. The van der Waals surface area contributed by atoms with Crippen LogP contribution in [0.15, 0.2) is 59.5 Å². The number of hydrogen-bond acceptors (Lipinski definition) is 4. The molecule has 0 spiro atoms.